The molecule has 1 aromatic carbocycles. The second-order valence-corrected chi connectivity index (χ2v) is 8.38. The number of amides is 4. The Bertz CT molecular complexity index is 878. The standard InChI is InChI=1S/C22H28N4O4/c23-10-11-25(15-4-2-1-3-5-15)13-14-6-7-16-17(12-14)22(30)26(21(16)29)18-8-9-19(27)24-20(18)28/h6-7,12,15,18H,1-5,8-11,13,23H2,(H,24,27,28). The Morgan fingerprint density at radius 2 is 1.73 bits per heavy atom. The number of piperidine rings is 1. The number of carbonyl (C=O) groups excluding carboxylic acids is 4. The fourth-order valence-electron chi connectivity index (χ4n) is 4.85. The summed E-state index contributed by atoms with van der Waals surface area (Å²) in [5, 5.41) is 2.22. The zero-order chi connectivity index (χ0) is 21.3. The van der Waals surface area contributed by atoms with Gasteiger partial charge in [0.1, 0.15) is 6.04 Å². The predicted octanol–water partition coefficient (Wildman–Crippen LogP) is 1.18. The summed E-state index contributed by atoms with van der Waals surface area (Å²) in [6.07, 6.45) is 6.32. The highest BCUT2D eigenvalue weighted by atomic mass is 16.2. The van der Waals surface area contributed by atoms with E-state index in [1.807, 2.05) is 6.07 Å². The second kappa shape index (κ2) is 8.65. The van der Waals surface area contributed by atoms with Crippen LogP contribution in [0.25, 0.3) is 0 Å². The summed E-state index contributed by atoms with van der Waals surface area (Å²) in [6, 6.07) is 4.89. The average Bonchev–Trinajstić information content (AvgIpc) is 2.99. The van der Waals surface area contributed by atoms with Gasteiger partial charge in [-0.15, -0.1) is 0 Å². The number of fused-ring (bicyclic) bond motifs is 1. The monoisotopic (exact) mass is 412 g/mol. The van der Waals surface area contributed by atoms with Crippen LogP contribution in [-0.2, 0) is 16.1 Å². The van der Waals surface area contributed by atoms with E-state index in [-0.39, 0.29) is 18.7 Å². The molecule has 8 heteroatoms. The van der Waals surface area contributed by atoms with Crippen molar-refractivity contribution in [3.63, 3.8) is 0 Å². The SMILES string of the molecule is NCCN(Cc1ccc2c(c1)C(=O)N(C1CCC(=O)NC1=O)C2=O)C1CCCCC1. The molecule has 0 spiro atoms. The van der Waals surface area contributed by atoms with E-state index >= 15 is 0 Å². The van der Waals surface area contributed by atoms with Gasteiger partial charge in [-0.05, 0) is 37.0 Å². The summed E-state index contributed by atoms with van der Waals surface area (Å²) in [5.41, 5.74) is 7.44. The van der Waals surface area contributed by atoms with E-state index < -0.39 is 23.8 Å². The number of benzene rings is 1. The van der Waals surface area contributed by atoms with Gasteiger partial charge in [-0.25, -0.2) is 0 Å². The fourth-order valence-corrected chi connectivity index (χ4v) is 4.85. The maximum Gasteiger partial charge on any atom is 0.262 e. The molecule has 160 valence electrons. The lowest BCUT2D eigenvalue weighted by molar-refractivity contribution is -0.136. The molecule has 8 nitrogen and oxygen atoms in total. The molecule has 2 fully saturated rings. The van der Waals surface area contributed by atoms with Gasteiger partial charge in [0.05, 0.1) is 11.1 Å². The van der Waals surface area contributed by atoms with Crippen molar-refractivity contribution in [1.82, 2.24) is 15.1 Å². The molecule has 0 radical (unpaired) electrons. The van der Waals surface area contributed by atoms with Gasteiger partial charge in [-0.3, -0.25) is 34.3 Å². The van der Waals surface area contributed by atoms with Gasteiger partial charge in [-0.2, -0.15) is 0 Å². The zero-order valence-corrected chi connectivity index (χ0v) is 17.1. The molecule has 3 aliphatic rings. The molecular formula is C22H28N4O4. The van der Waals surface area contributed by atoms with Gasteiger partial charge >= 0.3 is 0 Å². The van der Waals surface area contributed by atoms with Crippen molar-refractivity contribution in [3.05, 3.63) is 34.9 Å². The Morgan fingerprint density at radius 1 is 1.00 bits per heavy atom. The van der Waals surface area contributed by atoms with E-state index in [1.54, 1.807) is 12.1 Å². The smallest absolute Gasteiger partial charge is 0.262 e. The molecule has 0 aromatic heterocycles. The number of nitrogens with one attached hydrogen (secondary N) is 1. The lowest BCUT2D eigenvalue weighted by Crippen LogP contribution is -2.54. The number of carbonyl (C=O) groups is 4. The summed E-state index contributed by atoms with van der Waals surface area (Å²) >= 11 is 0. The minimum Gasteiger partial charge on any atom is -0.329 e. The van der Waals surface area contributed by atoms with Crippen LogP contribution in [-0.4, -0.2) is 58.6 Å². The van der Waals surface area contributed by atoms with E-state index in [0.29, 0.717) is 30.3 Å². The van der Waals surface area contributed by atoms with E-state index in [1.165, 1.54) is 19.3 Å². The van der Waals surface area contributed by atoms with E-state index in [0.717, 1.165) is 29.8 Å². The number of hydrogen-bond donors (Lipinski definition) is 2. The molecule has 4 amide bonds. The van der Waals surface area contributed by atoms with Crippen LogP contribution in [0.5, 0.6) is 0 Å². The highest BCUT2D eigenvalue weighted by Crippen LogP contribution is 2.29. The molecule has 1 aromatic rings. The predicted molar refractivity (Wildman–Crippen MR) is 109 cm³/mol. The molecule has 1 saturated heterocycles. The van der Waals surface area contributed by atoms with Crippen LogP contribution in [0.15, 0.2) is 18.2 Å². The van der Waals surface area contributed by atoms with Crippen molar-refractivity contribution in [2.75, 3.05) is 13.1 Å². The van der Waals surface area contributed by atoms with E-state index in [9.17, 15) is 19.2 Å². The third kappa shape index (κ3) is 3.89. The van der Waals surface area contributed by atoms with Crippen molar-refractivity contribution >= 4 is 23.6 Å². The molecule has 2 heterocycles. The van der Waals surface area contributed by atoms with Crippen molar-refractivity contribution < 1.29 is 19.2 Å². The molecule has 1 aliphatic carbocycles. The lowest BCUT2D eigenvalue weighted by atomic mass is 9.93. The van der Waals surface area contributed by atoms with Crippen LogP contribution in [0.4, 0.5) is 0 Å². The summed E-state index contributed by atoms with van der Waals surface area (Å²) in [6.45, 7) is 2.04. The summed E-state index contributed by atoms with van der Waals surface area (Å²) in [4.78, 5) is 52.8. The molecule has 30 heavy (non-hydrogen) atoms. The van der Waals surface area contributed by atoms with Gasteiger partial charge in [-0.1, -0.05) is 25.3 Å². The Kier molecular flexibility index (Phi) is 5.97. The number of imide groups is 2. The Morgan fingerprint density at radius 3 is 2.43 bits per heavy atom. The summed E-state index contributed by atoms with van der Waals surface area (Å²) < 4.78 is 0. The average molecular weight is 412 g/mol. The number of hydrogen-bond acceptors (Lipinski definition) is 6. The molecule has 1 saturated carbocycles. The molecule has 1 atom stereocenters. The van der Waals surface area contributed by atoms with E-state index in [2.05, 4.69) is 10.2 Å². The molecule has 4 rings (SSSR count). The quantitative estimate of drug-likeness (QED) is 0.679. The number of rotatable bonds is 6. The van der Waals surface area contributed by atoms with E-state index in [4.69, 9.17) is 5.73 Å². The molecule has 0 bridgehead atoms. The highest BCUT2D eigenvalue weighted by molar-refractivity contribution is 6.23. The third-order valence-corrected chi connectivity index (χ3v) is 6.40. The van der Waals surface area contributed by atoms with Crippen molar-refractivity contribution in [2.45, 2.75) is 63.6 Å². The number of nitrogens with zero attached hydrogens (tertiary/aromatic N) is 2. The van der Waals surface area contributed by atoms with Crippen LogP contribution >= 0.6 is 0 Å². The normalized spacial score (nSPS) is 22.6. The van der Waals surface area contributed by atoms with Gasteiger partial charge in [0.25, 0.3) is 11.8 Å². The first-order valence-electron chi connectivity index (χ1n) is 10.8. The largest absolute Gasteiger partial charge is 0.329 e. The van der Waals surface area contributed by atoms with Crippen LogP contribution in [0, 0.1) is 0 Å². The Labute approximate surface area is 175 Å². The molecule has 3 N–H and O–H groups in total. The maximum atomic E-state index is 13.0. The summed E-state index contributed by atoms with van der Waals surface area (Å²) in [7, 11) is 0. The van der Waals surface area contributed by atoms with Gasteiger partial charge < -0.3 is 5.73 Å². The topological polar surface area (TPSA) is 113 Å². The first-order chi connectivity index (χ1) is 14.5. The van der Waals surface area contributed by atoms with Gasteiger partial charge in [0, 0.05) is 32.1 Å². The lowest BCUT2D eigenvalue weighted by Gasteiger charge is -2.34. The Balaban J connectivity index is 1.54. The van der Waals surface area contributed by atoms with Gasteiger partial charge in [0.2, 0.25) is 11.8 Å². The van der Waals surface area contributed by atoms with Crippen molar-refractivity contribution in [1.29, 1.82) is 0 Å². The molecule has 1 unspecified atom stereocenters. The first kappa shape index (κ1) is 20.7. The third-order valence-electron chi connectivity index (χ3n) is 6.40. The molecule has 2 aliphatic heterocycles. The highest BCUT2D eigenvalue weighted by Gasteiger charge is 2.44. The first-order valence-corrected chi connectivity index (χ1v) is 10.8. The van der Waals surface area contributed by atoms with Gasteiger partial charge in [0.15, 0.2) is 0 Å². The van der Waals surface area contributed by atoms with Crippen LogP contribution < -0.4 is 11.1 Å². The van der Waals surface area contributed by atoms with Crippen LogP contribution in [0.1, 0.15) is 71.2 Å². The number of nitrogens with two attached hydrogens (primary N) is 1. The summed E-state index contributed by atoms with van der Waals surface area (Å²) in [5.74, 6) is -1.90. The second-order valence-electron chi connectivity index (χ2n) is 8.38. The molecular weight excluding hydrogens is 384 g/mol. The Hall–Kier alpha value is -2.58. The maximum absolute atomic E-state index is 13.0. The van der Waals surface area contributed by atoms with Crippen LogP contribution in [0.2, 0.25) is 0 Å². The minimum atomic E-state index is -0.936. The fraction of sp³-hybridized carbons (Fsp3) is 0.545. The van der Waals surface area contributed by atoms with Crippen molar-refractivity contribution in [2.24, 2.45) is 5.73 Å². The van der Waals surface area contributed by atoms with Crippen LogP contribution in [0.3, 0.4) is 0 Å². The van der Waals surface area contributed by atoms with Crippen molar-refractivity contribution in [3.8, 4) is 0 Å². The minimum absolute atomic E-state index is 0.116. The zero-order valence-electron chi connectivity index (χ0n) is 17.1.